The van der Waals surface area contributed by atoms with Crippen LogP contribution in [0.25, 0.3) is 15.9 Å². The monoisotopic (exact) mass is 376 g/mol. The van der Waals surface area contributed by atoms with Crippen LogP contribution in [0.2, 0.25) is 0 Å². The van der Waals surface area contributed by atoms with Gasteiger partial charge in [-0.15, -0.1) is 0 Å². The van der Waals surface area contributed by atoms with Crippen LogP contribution in [-0.4, -0.2) is 28.9 Å². The van der Waals surface area contributed by atoms with Crippen LogP contribution >= 0.6 is 11.3 Å². The third-order valence-electron chi connectivity index (χ3n) is 4.14. The van der Waals surface area contributed by atoms with E-state index in [2.05, 4.69) is 33.8 Å². The summed E-state index contributed by atoms with van der Waals surface area (Å²) < 4.78 is 8.91. The second-order valence-electron chi connectivity index (χ2n) is 6.14. The Labute approximate surface area is 161 Å². The van der Waals surface area contributed by atoms with Crippen LogP contribution in [-0.2, 0) is 0 Å². The van der Waals surface area contributed by atoms with Gasteiger partial charge in [-0.05, 0) is 36.4 Å². The van der Waals surface area contributed by atoms with E-state index in [1.165, 1.54) is 0 Å². The molecule has 27 heavy (non-hydrogen) atoms. The summed E-state index contributed by atoms with van der Waals surface area (Å²) in [5, 5.41) is 10.3. The molecule has 4 aromatic rings. The van der Waals surface area contributed by atoms with Gasteiger partial charge in [0.05, 0.1) is 16.8 Å². The van der Waals surface area contributed by atoms with Crippen LogP contribution in [0.15, 0.2) is 89.9 Å². The predicted molar refractivity (Wildman–Crippen MR) is 110 cm³/mol. The number of ether oxygens (including phenoxy) is 1. The molecule has 4 nitrogen and oxygen atoms in total. The van der Waals surface area contributed by atoms with Gasteiger partial charge in [-0.2, -0.15) is 0 Å². The molecular formula is C22H20N2O2S. The molecule has 1 atom stereocenters. The molecule has 0 saturated carbocycles. The minimum atomic E-state index is -0.667. The second kappa shape index (κ2) is 8.20. The van der Waals surface area contributed by atoms with Crippen molar-refractivity contribution in [3.63, 3.8) is 0 Å². The van der Waals surface area contributed by atoms with Crippen molar-refractivity contribution in [1.82, 2.24) is 4.57 Å². The highest BCUT2D eigenvalue weighted by molar-refractivity contribution is 7.16. The highest BCUT2D eigenvalue weighted by Gasteiger charge is 2.09. The van der Waals surface area contributed by atoms with E-state index < -0.39 is 6.10 Å². The zero-order chi connectivity index (χ0) is 18.5. The smallest absolute Gasteiger partial charge is 0.190 e. The van der Waals surface area contributed by atoms with Crippen LogP contribution < -0.4 is 9.54 Å². The molecule has 1 heterocycles. The van der Waals surface area contributed by atoms with Crippen molar-refractivity contribution in [2.45, 2.75) is 6.10 Å². The lowest BCUT2D eigenvalue weighted by molar-refractivity contribution is 0.114. The zero-order valence-electron chi connectivity index (χ0n) is 14.7. The van der Waals surface area contributed by atoms with E-state index in [0.717, 1.165) is 26.5 Å². The Balaban J connectivity index is 1.59. The van der Waals surface area contributed by atoms with Gasteiger partial charge in [-0.3, -0.25) is 9.56 Å². The number of rotatable bonds is 6. The predicted octanol–water partition coefficient (Wildman–Crippen LogP) is 4.03. The van der Waals surface area contributed by atoms with Gasteiger partial charge in [0, 0.05) is 5.69 Å². The van der Waals surface area contributed by atoms with E-state index in [-0.39, 0.29) is 13.2 Å². The molecule has 5 heteroatoms. The number of aromatic nitrogens is 1. The number of hydrogen-bond acceptors (Lipinski definition) is 4. The fraction of sp³-hybridized carbons (Fsp3) is 0.136. The van der Waals surface area contributed by atoms with Crippen LogP contribution in [0.1, 0.15) is 0 Å². The van der Waals surface area contributed by atoms with Gasteiger partial charge < -0.3 is 9.84 Å². The van der Waals surface area contributed by atoms with Crippen molar-refractivity contribution < 1.29 is 9.84 Å². The minimum Gasteiger partial charge on any atom is -0.491 e. The van der Waals surface area contributed by atoms with Crippen LogP contribution in [0.5, 0.6) is 5.75 Å². The Morgan fingerprint density at radius 2 is 1.56 bits per heavy atom. The number of hydrogen-bond donors (Lipinski definition) is 1. The molecular weight excluding hydrogens is 356 g/mol. The number of benzene rings is 3. The Kier molecular flexibility index (Phi) is 5.32. The van der Waals surface area contributed by atoms with Gasteiger partial charge in [0.2, 0.25) is 0 Å². The molecule has 0 fully saturated rings. The summed E-state index contributed by atoms with van der Waals surface area (Å²) in [4.78, 5) is 5.55. The van der Waals surface area contributed by atoms with Crippen LogP contribution in [0.4, 0.5) is 0 Å². The van der Waals surface area contributed by atoms with Crippen molar-refractivity contribution in [2.24, 2.45) is 4.99 Å². The molecule has 0 amide bonds. The quantitative estimate of drug-likeness (QED) is 0.552. The van der Waals surface area contributed by atoms with E-state index in [0.29, 0.717) is 0 Å². The number of para-hydroxylation sites is 3. The van der Waals surface area contributed by atoms with Crippen molar-refractivity contribution >= 4 is 21.6 Å². The van der Waals surface area contributed by atoms with Crippen LogP contribution in [0, 0.1) is 0 Å². The molecule has 1 N–H and O–H groups in total. The Morgan fingerprint density at radius 3 is 2.33 bits per heavy atom. The molecule has 0 saturated heterocycles. The molecule has 0 unspecified atom stereocenters. The van der Waals surface area contributed by atoms with Crippen molar-refractivity contribution in [2.75, 3.05) is 13.2 Å². The van der Waals surface area contributed by atoms with E-state index in [9.17, 15) is 5.11 Å². The van der Waals surface area contributed by atoms with Gasteiger partial charge in [0.25, 0.3) is 0 Å². The highest BCUT2D eigenvalue weighted by atomic mass is 32.1. The summed E-state index contributed by atoms with van der Waals surface area (Å²) in [6.45, 7) is 0.496. The zero-order valence-corrected chi connectivity index (χ0v) is 15.5. The van der Waals surface area contributed by atoms with E-state index in [4.69, 9.17) is 4.74 Å². The first-order valence-electron chi connectivity index (χ1n) is 8.84. The van der Waals surface area contributed by atoms with Crippen molar-refractivity contribution in [3.05, 3.63) is 89.7 Å². The number of aliphatic hydroxyl groups is 1. The maximum Gasteiger partial charge on any atom is 0.190 e. The summed E-state index contributed by atoms with van der Waals surface area (Å²) in [7, 11) is 0. The summed E-state index contributed by atoms with van der Waals surface area (Å²) in [5.41, 5.74) is 2.17. The molecule has 1 aromatic heterocycles. The Morgan fingerprint density at radius 1 is 0.889 bits per heavy atom. The van der Waals surface area contributed by atoms with Gasteiger partial charge in [-0.25, -0.2) is 0 Å². The van der Waals surface area contributed by atoms with Gasteiger partial charge in [0.1, 0.15) is 18.5 Å². The molecule has 0 radical (unpaired) electrons. The fourth-order valence-corrected chi connectivity index (χ4v) is 3.89. The average molecular weight is 376 g/mol. The summed E-state index contributed by atoms with van der Waals surface area (Å²) in [6.07, 6.45) is -0.667. The second-order valence-corrected chi connectivity index (χ2v) is 7.15. The first kappa shape index (κ1) is 17.5. The molecule has 4 rings (SSSR count). The normalized spacial score (nSPS) is 13.0. The fourth-order valence-electron chi connectivity index (χ4n) is 2.85. The first-order chi connectivity index (χ1) is 13.3. The van der Waals surface area contributed by atoms with E-state index in [1.807, 2.05) is 60.7 Å². The largest absolute Gasteiger partial charge is 0.491 e. The third-order valence-corrected chi connectivity index (χ3v) is 5.20. The molecule has 0 bridgehead atoms. The number of thiazole rings is 1. The van der Waals surface area contributed by atoms with Crippen molar-refractivity contribution in [3.8, 4) is 11.4 Å². The Bertz CT molecular complexity index is 1070. The molecule has 136 valence electrons. The van der Waals surface area contributed by atoms with Gasteiger partial charge >= 0.3 is 0 Å². The lowest BCUT2D eigenvalue weighted by Crippen LogP contribution is -2.23. The lowest BCUT2D eigenvalue weighted by atomic mass is 10.3. The molecule has 0 spiro atoms. The standard InChI is InChI=1S/C22H20N2O2S/c25-18(16-26-19-11-5-2-6-12-19)15-23-22-24(17-9-3-1-4-10-17)20-13-7-8-14-21(20)27-22/h1-14,18,25H,15-16H2/t18-/m1/s1. The molecule has 0 aliphatic rings. The van der Waals surface area contributed by atoms with E-state index >= 15 is 0 Å². The third kappa shape index (κ3) is 4.10. The van der Waals surface area contributed by atoms with Gasteiger partial charge in [0.15, 0.2) is 4.80 Å². The Hall–Kier alpha value is -2.89. The number of aliphatic hydroxyl groups excluding tert-OH is 1. The summed E-state index contributed by atoms with van der Waals surface area (Å²) >= 11 is 1.62. The van der Waals surface area contributed by atoms with Gasteiger partial charge in [-0.1, -0.05) is 59.9 Å². The maximum absolute atomic E-state index is 10.3. The summed E-state index contributed by atoms with van der Waals surface area (Å²) in [5.74, 6) is 0.748. The lowest BCUT2D eigenvalue weighted by Gasteiger charge is -2.10. The summed E-state index contributed by atoms with van der Waals surface area (Å²) in [6, 6.07) is 27.9. The first-order valence-corrected chi connectivity index (χ1v) is 9.65. The van der Waals surface area contributed by atoms with Crippen molar-refractivity contribution in [1.29, 1.82) is 0 Å². The van der Waals surface area contributed by atoms with Crippen LogP contribution in [0.3, 0.4) is 0 Å². The number of nitrogens with zero attached hydrogens (tertiary/aromatic N) is 2. The van der Waals surface area contributed by atoms with E-state index in [1.54, 1.807) is 11.3 Å². The minimum absolute atomic E-state index is 0.212. The topological polar surface area (TPSA) is 46.8 Å². The average Bonchev–Trinajstić information content (AvgIpc) is 3.10. The molecule has 0 aliphatic carbocycles. The molecule has 3 aromatic carbocycles. The molecule has 0 aliphatic heterocycles. The number of fused-ring (bicyclic) bond motifs is 1. The maximum atomic E-state index is 10.3. The SMILES string of the molecule is O[C@H](CN=c1sc2ccccc2n1-c1ccccc1)COc1ccccc1. The highest BCUT2D eigenvalue weighted by Crippen LogP contribution is 2.20.